The monoisotopic (exact) mass is 1890 g/mol. The number of nitrogens with zero attached hydrogens (tertiary/aromatic N) is 12. The summed E-state index contributed by atoms with van der Waals surface area (Å²) in [6.45, 7) is 5.17. The zero-order valence-electron chi connectivity index (χ0n) is 72.7. The third-order valence-corrected chi connectivity index (χ3v) is 20.7. The van der Waals surface area contributed by atoms with E-state index in [1.807, 2.05) is 97.9 Å². The Bertz CT molecular complexity index is 6890. The van der Waals surface area contributed by atoms with Crippen molar-refractivity contribution < 1.29 is 92.5 Å². The molecular formula is C96H86F4N18O16S2. The van der Waals surface area contributed by atoms with Gasteiger partial charge in [0.25, 0.3) is 0 Å². The normalized spacial score (nSPS) is 10.9. The summed E-state index contributed by atoms with van der Waals surface area (Å²) in [5.74, 6) is -0.571. The summed E-state index contributed by atoms with van der Waals surface area (Å²) in [7, 11) is -6.97. The zero-order chi connectivity index (χ0) is 95.9. The molecule has 0 aliphatic carbocycles. The number of pyridine rings is 6. The van der Waals surface area contributed by atoms with Gasteiger partial charge in [-0.25, -0.2) is 21.6 Å². The second kappa shape index (κ2) is 46.5. The maximum atomic E-state index is 13.2. The molecule has 0 spiro atoms. The molecule has 0 aliphatic rings. The van der Waals surface area contributed by atoms with E-state index in [0.29, 0.717) is 88.6 Å². The van der Waals surface area contributed by atoms with Crippen LogP contribution in [0.5, 0.6) is 69.0 Å². The van der Waals surface area contributed by atoms with Crippen molar-refractivity contribution in [3.63, 3.8) is 0 Å². The molecule has 11 N–H and O–H groups in total. The van der Waals surface area contributed by atoms with Gasteiger partial charge in [0.1, 0.15) is 96.3 Å². The Morgan fingerprint density at radius 1 is 0.316 bits per heavy atom. The van der Waals surface area contributed by atoms with E-state index in [2.05, 4.69) is 91.1 Å². The first kappa shape index (κ1) is 96.3. The second-order valence-corrected chi connectivity index (χ2v) is 33.2. The molecule has 0 unspecified atom stereocenters. The van der Waals surface area contributed by atoms with Crippen LogP contribution >= 0.6 is 0 Å². The van der Waals surface area contributed by atoms with Crippen LogP contribution < -0.4 is 32.6 Å². The van der Waals surface area contributed by atoms with Crippen LogP contribution in [0.4, 0.5) is 17.6 Å². The van der Waals surface area contributed by atoms with Crippen molar-refractivity contribution in [2.45, 2.75) is 64.6 Å². The van der Waals surface area contributed by atoms with Crippen LogP contribution in [0.3, 0.4) is 0 Å². The first-order valence-electron chi connectivity index (χ1n) is 41.1. The SMILES string of the molecule is CS(=O)(=O)c1cc(O)cc(COc2ccc(-c3ccn[nH]3)nc2)c1.Cc1ccc(COc2ccc(-c3ccn[nH]3)nc2)cc1O.Cc1ccc(COc2ccc(-c3ccn[nH]3)nc2)cc1OS(C)(=O)=O.Oc1cc(CCCOc2ccc(-c3ccn[nH]3)nc2)cc(F)c1F.Oc1cc(COc2ccc(-c3ccn[nH]3)nc2)ccc1F.Oc1cc(F)cc(COc2ccc(-c3ccn[nH]3)nc2)c1. The molecule has 40 heteroatoms. The summed E-state index contributed by atoms with van der Waals surface area (Å²) in [6, 6.07) is 57.8. The van der Waals surface area contributed by atoms with Gasteiger partial charge >= 0.3 is 10.1 Å². The van der Waals surface area contributed by atoms with Crippen LogP contribution in [0.25, 0.3) is 68.3 Å². The smallest absolute Gasteiger partial charge is 0.306 e. The van der Waals surface area contributed by atoms with E-state index in [4.69, 9.17) is 32.6 Å². The maximum absolute atomic E-state index is 13.2. The molecule has 0 amide bonds. The first-order valence-corrected chi connectivity index (χ1v) is 44.8. The minimum absolute atomic E-state index is 0.0498. The molecule has 136 heavy (non-hydrogen) atoms. The number of phenolic OH excluding ortho intramolecular Hbond substituents is 5. The van der Waals surface area contributed by atoms with Crippen molar-refractivity contribution in [2.24, 2.45) is 0 Å². The molecular weight excluding hydrogens is 1800 g/mol. The fourth-order valence-corrected chi connectivity index (χ4v) is 13.5. The lowest BCUT2D eigenvalue weighted by atomic mass is 10.1. The molecule has 0 aliphatic heterocycles. The number of rotatable bonds is 29. The average Bonchev–Trinajstić information content (AvgIpc) is 1.37. The number of halogens is 4. The van der Waals surface area contributed by atoms with Crippen LogP contribution in [0.1, 0.15) is 50.9 Å². The average molecular weight is 1890 g/mol. The largest absolute Gasteiger partial charge is 0.508 e. The van der Waals surface area contributed by atoms with Gasteiger partial charge in [-0.3, -0.25) is 60.5 Å². The molecule has 12 heterocycles. The standard InChI is InChI=1S/C17H15F2N3O2.C17H17N3O4S.C16H15N3O4S.C16H15N3O2.2C15H12FN3O2/c18-13-8-11(9-16(23)17(13)19)2-1-7-24-12-3-4-14(20-10-12)15-5-6-21-22-15;1-12-3-4-13(9-17(12)24-25(2,21)22)11-23-14-5-6-15(18-10-14)16-7-8-19-20-16;1-24(21,22)14-7-11(6-12(20)8-14)10-23-13-2-3-15(17-9-13)16-4-5-18-19-16;1-11-2-3-12(8-16(11)20)10-21-13-4-5-14(17-9-13)15-6-7-18-19-15;16-12-3-1-10(7-15(12)20)9-21-11-2-4-13(17-8-11)14-5-6-18-19-14;16-11-5-10(6-12(20)7-11)9-21-13-1-2-14(17-8-13)15-3-4-18-19-15/h3-6,8-10,23H,1-2,7H2,(H,21,22);3-10H,11H2,1-2H3,(H,19,20);2-9,20H,10H2,1H3,(H,18,19);2-9,20H,10H2,1H3,(H,18,19);2*1-8,20H,9H2,(H,18,19). The van der Waals surface area contributed by atoms with E-state index in [1.54, 1.807) is 142 Å². The first-order chi connectivity index (χ1) is 65.6. The van der Waals surface area contributed by atoms with Crippen LogP contribution in [-0.4, -0.2) is 153 Å². The number of aromatic hydroxyl groups is 5. The van der Waals surface area contributed by atoms with E-state index in [1.165, 1.54) is 48.5 Å². The number of sulfone groups is 1. The maximum Gasteiger partial charge on any atom is 0.306 e. The van der Waals surface area contributed by atoms with Gasteiger partial charge in [-0.1, -0.05) is 30.3 Å². The summed E-state index contributed by atoms with van der Waals surface area (Å²) in [4.78, 5) is 25.7. The number of ether oxygens (including phenoxy) is 6. The molecule has 12 aromatic heterocycles. The van der Waals surface area contributed by atoms with Crippen molar-refractivity contribution >= 4 is 20.0 Å². The summed E-state index contributed by atoms with van der Waals surface area (Å²) in [5, 5.41) is 87.4. The highest BCUT2D eigenvalue weighted by molar-refractivity contribution is 7.90. The molecule has 0 fully saturated rings. The highest BCUT2D eigenvalue weighted by Crippen LogP contribution is 2.31. The fraction of sp³-hybridized carbons (Fsp3) is 0.125. The summed E-state index contributed by atoms with van der Waals surface area (Å²) in [5.41, 5.74) is 15.1. The lowest BCUT2D eigenvalue weighted by Crippen LogP contribution is -2.07. The number of phenols is 5. The van der Waals surface area contributed by atoms with Gasteiger partial charge in [0, 0.05) is 49.5 Å². The van der Waals surface area contributed by atoms with Crippen LogP contribution in [0.2, 0.25) is 0 Å². The minimum atomic E-state index is -3.57. The van der Waals surface area contributed by atoms with Crippen molar-refractivity contribution in [3.05, 3.63) is 354 Å². The minimum Gasteiger partial charge on any atom is -0.508 e. The number of nitrogens with one attached hydrogen (secondary N) is 6. The van der Waals surface area contributed by atoms with Crippen molar-refractivity contribution in [1.29, 1.82) is 0 Å². The summed E-state index contributed by atoms with van der Waals surface area (Å²) < 4.78 is 137. The number of H-pyrrole nitrogens is 6. The highest BCUT2D eigenvalue weighted by Gasteiger charge is 2.17. The van der Waals surface area contributed by atoms with Gasteiger partial charge in [-0.15, -0.1) is 0 Å². The number of hydrogen-bond donors (Lipinski definition) is 11. The Labute approximate surface area is 774 Å². The number of aromatic nitrogens is 18. The van der Waals surface area contributed by atoms with Gasteiger partial charge in [-0.2, -0.15) is 43.4 Å². The van der Waals surface area contributed by atoms with E-state index in [9.17, 15) is 59.9 Å². The Morgan fingerprint density at radius 3 is 0.985 bits per heavy atom. The van der Waals surface area contributed by atoms with Crippen LogP contribution in [-0.2, 0) is 59.4 Å². The van der Waals surface area contributed by atoms with Crippen molar-refractivity contribution in [2.75, 3.05) is 19.1 Å². The summed E-state index contributed by atoms with van der Waals surface area (Å²) >= 11 is 0. The lowest BCUT2D eigenvalue weighted by Gasteiger charge is -2.10. The van der Waals surface area contributed by atoms with Crippen LogP contribution in [0, 0.1) is 37.1 Å². The van der Waals surface area contributed by atoms with Crippen LogP contribution in [0.15, 0.2) is 292 Å². The molecule has 6 aromatic carbocycles. The molecule has 18 rings (SSSR count). The quantitative estimate of drug-likeness (QED) is 0.0118. The number of benzene rings is 6. The number of aryl methyl sites for hydroxylation is 3. The van der Waals surface area contributed by atoms with E-state index >= 15 is 0 Å². The molecule has 0 saturated heterocycles. The Balaban J connectivity index is 0.000000138. The van der Waals surface area contributed by atoms with Gasteiger partial charge in [0.05, 0.1) is 123 Å². The lowest BCUT2D eigenvalue weighted by molar-refractivity contribution is 0.303. The van der Waals surface area contributed by atoms with Gasteiger partial charge < -0.3 is 58.1 Å². The van der Waals surface area contributed by atoms with E-state index in [-0.39, 0.29) is 54.3 Å². The molecule has 0 saturated carbocycles. The Hall–Kier alpha value is -17.3. The van der Waals surface area contributed by atoms with Gasteiger partial charge in [0.15, 0.2) is 38.8 Å². The zero-order valence-corrected chi connectivity index (χ0v) is 74.3. The predicted molar refractivity (Wildman–Crippen MR) is 491 cm³/mol. The summed E-state index contributed by atoms with van der Waals surface area (Å²) in [6.07, 6.45) is 22.7. The molecule has 0 radical (unpaired) electrons. The topological polar surface area (TPSA) is 483 Å². The van der Waals surface area contributed by atoms with Gasteiger partial charge in [-0.05, 0) is 247 Å². The van der Waals surface area contributed by atoms with Crippen molar-refractivity contribution in [3.8, 4) is 137 Å². The molecule has 696 valence electrons. The van der Waals surface area contributed by atoms with E-state index in [0.717, 1.165) is 115 Å². The van der Waals surface area contributed by atoms with Gasteiger partial charge in [0.2, 0.25) is 0 Å². The predicted octanol–water partition coefficient (Wildman–Crippen LogP) is 17.2. The molecule has 0 atom stereocenters. The number of hydrogen-bond acceptors (Lipinski definition) is 28. The molecule has 18 aromatic rings. The highest BCUT2D eigenvalue weighted by atomic mass is 32.2. The number of aromatic amines is 6. The fourth-order valence-electron chi connectivity index (χ4n) is 12.3. The third-order valence-electron chi connectivity index (χ3n) is 19.2. The van der Waals surface area contributed by atoms with Crippen molar-refractivity contribution in [1.82, 2.24) is 91.1 Å². The Kier molecular flexibility index (Phi) is 32.9. The van der Waals surface area contributed by atoms with E-state index < -0.39 is 49.0 Å². The molecule has 0 bridgehead atoms. The molecule has 34 nitrogen and oxygen atoms in total. The second-order valence-electron chi connectivity index (χ2n) is 29.6. The third kappa shape index (κ3) is 29.4. The Morgan fingerprint density at radius 2 is 0.654 bits per heavy atom.